The molecular formula is C22H27N3O6. The third-order valence-corrected chi connectivity index (χ3v) is 4.91. The van der Waals surface area contributed by atoms with Gasteiger partial charge in [-0.25, -0.2) is 0 Å². The molecule has 1 aromatic carbocycles. The second-order valence-corrected chi connectivity index (χ2v) is 6.87. The van der Waals surface area contributed by atoms with Crippen molar-refractivity contribution in [2.75, 3.05) is 41.5 Å². The number of benzene rings is 1. The monoisotopic (exact) mass is 429 g/mol. The maximum Gasteiger partial charge on any atom is 0.246 e. The number of ether oxygens (including phenoxy) is 5. The highest BCUT2D eigenvalue weighted by molar-refractivity contribution is 5.92. The standard InChI is InChI=1S/C22H27N3O6/c1-27-17-12-15(13-18(28-2)22(17)30-4)7-10-21(26)25-11-5-6-16(14-25)31-20-9-8-19(29-3)23-24-20/h7-10,12-13,16H,5-6,11,14H2,1-4H3/b10-7+. The van der Waals surface area contributed by atoms with Crippen LogP contribution in [0.25, 0.3) is 6.08 Å². The van der Waals surface area contributed by atoms with E-state index in [9.17, 15) is 4.79 Å². The van der Waals surface area contributed by atoms with Crippen LogP contribution in [0.5, 0.6) is 29.0 Å². The molecule has 0 saturated carbocycles. The van der Waals surface area contributed by atoms with E-state index in [2.05, 4.69) is 10.2 Å². The van der Waals surface area contributed by atoms with Gasteiger partial charge >= 0.3 is 0 Å². The number of amides is 1. The Bertz CT molecular complexity index is 891. The molecule has 31 heavy (non-hydrogen) atoms. The molecule has 9 heteroatoms. The largest absolute Gasteiger partial charge is 0.493 e. The molecule has 1 aliphatic heterocycles. The Morgan fingerprint density at radius 3 is 2.26 bits per heavy atom. The summed E-state index contributed by atoms with van der Waals surface area (Å²) in [6, 6.07) is 6.97. The van der Waals surface area contributed by atoms with E-state index in [1.54, 1.807) is 56.6 Å². The molecule has 1 atom stereocenters. The average Bonchev–Trinajstić information content (AvgIpc) is 2.82. The van der Waals surface area contributed by atoms with Crippen LogP contribution in [0.2, 0.25) is 0 Å². The molecule has 0 spiro atoms. The predicted octanol–water partition coefficient (Wildman–Crippen LogP) is 2.59. The van der Waals surface area contributed by atoms with Crippen LogP contribution in [-0.4, -0.2) is 68.6 Å². The number of carbonyl (C=O) groups is 1. The molecule has 2 aromatic rings. The van der Waals surface area contributed by atoms with Gasteiger partial charge in [0.2, 0.25) is 23.4 Å². The molecule has 166 valence electrons. The SMILES string of the molecule is COc1ccc(OC2CCCN(C(=O)/C=C/c3cc(OC)c(OC)c(OC)c3)C2)nn1. The summed E-state index contributed by atoms with van der Waals surface area (Å²) in [5, 5.41) is 7.89. The lowest BCUT2D eigenvalue weighted by Gasteiger charge is -2.31. The first-order chi connectivity index (χ1) is 15.1. The molecule has 3 rings (SSSR count). The van der Waals surface area contributed by atoms with Crippen molar-refractivity contribution in [1.82, 2.24) is 15.1 Å². The number of carbonyl (C=O) groups excluding carboxylic acids is 1. The molecule has 1 aliphatic rings. The second kappa shape index (κ2) is 10.5. The summed E-state index contributed by atoms with van der Waals surface area (Å²) in [7, 11) is 6.18. The van der Waals surface area contributed by atoms with Gasteiger partial charge in [0.25, 0.3) is 0 Å². The van der Waals surface area contributed by atoms with Crippen molar-refractivity contribution in [1.29, 1.82) is 0 Å². The Morgan fingerprint density at radius 1 is 1.00 bits per heavy atom. The number of nitrogens with zero attached hydrogens (tertiary/aromatic N) is 3. The first-order valence-corrected chi connectivity index (χ1v) is 9.89. The maximum absolute atomic E-state index is 12.7. The highest BCUT2D eigenvalue weighted by Gasteiger charge is 2.24. The van der Waals surface area contributed by atoms with Crippen LogP contribution in [0.15, 0.2) is 30.3 Å². The first-order valence-electron chi connectivity index (χ1n) is 9.89. The lowest BCUT2D eigenvalue weighted by atomic mass is 10.1. The van der Waals surface area contributed by atoms with E-state index in [0.29, 0.717) is 42.1 Å². The summed E-state index contributed by atoms with van der Waals surface area (Å²) in [6.07, 6.45) is 4.81. The summed E-state index contributed by atoms with van der Waals surface area (Å²) in [5.74, 6) is 2.30. The van der Waals surface area contributed by atoms with Gasteiger partial charge in [-0.1, -0.05) is 0 Å². The molecule has 1 fully saturated rings. The van der Waals surface area contributed by atoms with E-state index in [1.165, 1.54) is 13.2 Å². The Hall–Kier alpha value is -3.49. The van der Waals surface area contributed by atoms with Crippen LogP contribution in [0, 0.1) is 0 Å². The van der Waals surface area contributed by atoms with Crippen molar-refractivity contribution in [3.63, 3.8) is 0 Å². The quantitative estimate of drug-likeness (QED) is 0.592. The van der Waals surface area contributed by atoms with Gasteiger partial charge < -0.3 is 28.6 Å². The predicted molar refractivity (Wildman–Crippen MR) is 114 cm³/mol. The van der Waals surface area contributed by atoms with Crippen LogP contribution < -0.4 is 23.7 Å². The first kappa shape index (κ1) is 22.2. The molecule has 2 heterocycles. The zero-order valence-electron chi connectivity index (χ0n) is 18.2. The van der Waals surface area contributed by atoms with Crippen LogP contribution >= 0.6 is 0 Å². The van der Waals surface area contributed by atoms with Gasteiger partial charge in [0.1, 0.15) is 6.10 Å². The van der Waals surface area contributed by atoms with Crippen molar-refractivity contribution in [3.8, 4) is 29.0 Å². The van der Waals surface area contributed by atoms with E-state index in [-0.39, 0.29) is 12.0 Å². The molecule has 0 bridgehead atoms. The smallest absolute Gasteiger partial charge is 0.246 e. The van der Waals surface area contributed by atoms with Gasteiger partial charge in [0, 0.05) is 24.8 Å². The molecule has 1 aromatic heterocycles. The van der Waals surface area contributed by atoms with Crippen LogP contribution in [0.4, 0.5) is 0 Å². The van der Waals surface area contributed by atoms with Crippen LogP contribution in [-0.2, 0) is 4.79 Å². The molecule has 0 radical (unpaired) electrons. The van der Waals surface area contributed by atoms with Gasteiger partial charge in [-0.15, -0.1) is 10.2 Å². The van der Waals surface area contributed by atoms with Crippen LogP contribution in [0.1, 0.15) is 18.4 Å². The minimum absolute atomic E-state index is 0.0946. The number of piperidine rings is 1. The van der Waals surface area contributed by atoms with Gasteiger partial charge in [-0.3, -0.25) is 4.79 Å². The topological polar surface area (TPSA) is 92.2 Å². The number of methoxy groups -OCH3 is 4. The summed E-state index contributed by atoms with van der Waals surface area (Å²) < 4.78 is 26.9. The van der Waals surface area contributed by atoms with Gasteiger partial charge in [-0.05, 0) is 36.6 Å². The zero-order valence-corrected chi connectivity index (χ0v) is 18.2. The molecule has 9 nitrogen and oxygen atoms in total. The Kier molecular flexibility index (Phi) is 7.53. The lowest BCUT2D eigenvalue weighted by Crippen LogP contribution is -2.43. The van der Waals surface area contributed by atoms with Crippen molar-refractivity contribution in [3.05, 3.63) is 35.9 Å². The normalized spacial score (nSPS) is 16.1. The Labute approximate surface area is 181 Å². The van der Waals surface area contributed by atoms with Crippen molar-refractivity contribution in [2.24, 2.45) is 0 Å². The fourth-order valence-electron chi connectivity index (χ4n) is 3.36. The number of aromatic nitrogens is 2. The maximum atomic E-state index is 12.7. The van der Waals surface area contributed by atoms with E-state index >= 15 is 0 Å². The van der Waals surface area contributed by atoms with E-state index in [4.69, 9.17) is 23.7 Å². The van der Waals surface area contributed by atoms with Crippen LogP contribution in [0.3, 0.4) is 0 Å². The molecule has 1 amide bonds. The van der Waals surface area contributed by atoms with E-state index < -0.39 is 0 Å². The Balaban J connectivity index is 1.65. The molecular weight excluding hydrogens is 402 g/mol. The third-order valence-electron chi connectivity index (χ3n) is 4.91. The molecule has 0 N–H and O–H groups in total. The third kappa shape index (κ3) is 5.56. The number of hydrogen-bond donors (Lipinski definition) is 0. The number of rotatable bonds is 8. The summed E-state index contributed by atoms with van der Waals surface area (Å²) in [4.78, 5) is 14.5. The second-order valence-electron chi connectivity index (χ2n) is 6.87. The minimum atomic E-state index is -0.144. The average molecular weight is 429 g/mol. The fraction of sp³-hybridized carbons (Fsp3) is 0.409. The Morgan fingerprint density at radius 2 is 1.68 bits per heavy atom. The van der Waals surface area contributed by atoms with Crippen molar-refractivity contribution in [2.45, 2.75) is 18.9 Å². The van der Waals surface area contributed by atoms with Crippen molar-refractivity contribution < 1.29 is 28.5 Å². The number of hydrogen-bond acceptors (Lipinski definition) is 8. The lowest BCUT2D eigenvalue weighted by molar-refractivity contribution is -0.128. The van der Waals surface area contributed by atoms with Gasteiger partial charge in [0.05, 0.1) is 35.0 Å². The summed E-state index contributed by atoms with van der Waals surface area (Å²) in [5.41, 5.74) is 0.765. The minimum Gasteiger partial charge on any atom is -0.493 e. The molecule has 1 unspecified atom stereocenters. The highest BCUT2D eigenvalue weighted by Crippen LogP contribution is 2.38. The van der Waals surface area contributed by atoms with E-state index in [0.717, 1.165) is 18.4 Å². The summed E-state index contributed by atoms with van der Waals surface area (Å²) >= 11 is 0. The highest BCUT2D eigenvalue weighted by atomic mass is 16.5. The van der Waals surface area contributed by atoms with Crippen molar-refractivity contribution >= 4 is 12.0 Å². The van der Waals surface area contributed by atoms with E-state index in [1.807, 2.05) is 0 Å². The van der Waals surface area contributed by atoms with Gasteiger partial charge in [0.15, 0.2) is 11.5 Å². The molecule has 0 aliphatic carbocycles. The zero-order chi connectivity index (χ0) is 22.2. The summed E-state index contributed by atoms with van der Waals surface area (Å²) in [6.45, 7) is 1.15. The van der Waals surface area contributed by atoms with Gasteiger partial charge in [-0.2, -0.15) is 0 Å². The fourth-order valence-corrected chi connectivity index (χ4v) is 3.36. The molecule has 1 saturated heterocycles. The number of likely N-dealkylation sites (tertiary alicyclic amines) is 1.